The second kappa shape index (κ2) is 8.32. The maximum atomic E-state index is 13.3. The van der Waals surface area contributed by atoms with E-state index in [4.69, 9.17) is 5.10 Å². The van der Waals surface area contributed by atoms with Gasteiger partial charge < -0.3 is 0 Å². The van der Waals surface area contributed by atoms with E-state index < -0.39 is 0 Å². The number of rotatable bonds is 6. The van der Waals surface area contributed by atoms with Crippen LogP contribution < -0.4 is 0 Å². The predicted octanol–water partition coefficient (Wildman–Crippen LogP) is 4.30. The molecule has 0 aliphatic carbocycles. The highest BCUT2D eigenvalue weighted by atomic mass is 16.1. The van der Waals surface area contributed by atoms with E-state index in [1.165, 1.54) is 0 Å². The van der Waals surface area contributed by atoms with Gasteiger partial charge in [0, 0.05) is 23.7 Å². The maximum absolute atomic E-state index is 13.3. The van der Waals surface area contributed by atoms with E-state index in [2.05, 4.69) is 23.0 Å². The summed E-state index contributed by atoms with van der Waals surface area (Å²) < 4.78 is 3.66. The number of ketones is 1. The molecule has 0 spiro atoms. The molecule has 0 atom stereocenters. The van der Waals surface area contributed by atoms with Crippen molar-refractivity contribution in [3.63, 3.8) is 0 Å². The molecule has 5 aromatic rings. The van der Waals surface area contributed by atoms with E-state index in [1.54, 1.807) is 28.9 Å². The first-order valence-corrected chi connectivity index (χ1v) is 10.9. The lowest BCUT2D eigenvalue weighted by atomic mass is 10.0. The molecule has 0 unspecified atom stereocenters. The van der Waals surface area contributed by atoms with Crippen LogP contribution in [0.4, 0.5) is 0 Å². The van der Waals surface area contributed by atoms with Gasteiger partial charge in [0.15, 0.2) is 5.78 Å². The molecule has 0 fully saturated rings. The highest BCUT2D eigenvalue weighted by Gasteiger charge is 2.18. The summed E-state index contributed by atoms with van der Waals surface area (Å²) in [6, 6.07) is 17.5. The number of pyridine rings is 2. The number of Topliss-reactive ketones (excluding diaryl/α,β-unsaturated/α-hetero) is 1. The van der Waals surface area contributed by atoms with Crippen molar-refractivity contribution in [2.75, 3.05) is 0 Å². The quantitative estimate of drug-likeness (QED) is 0.372. The molecule has 7 nitrogen and oxygen atoms in total. The van der Waals surface area contributed by atoms with Crippen molar-refractivity contribution in [3.05, 3.63) is 94.8 Å². The Balaban J connectivity index is 1.53. The lowest BCUT2D eigenvalue weighted by Gasteiger charge is -2.07. The van der Waals surface area contributed by atoms with E-state index in [1.807, 2.05) is 48.0 Å². The van der Waals surface area contributed by atoms with Gasteiger partial charge in [-0.2, -0.15) is 10.4 Å². The number of carbonyl (C=O) groups excluding carboxylic acids is 1. The minimum Gasteiger partial charge on any atom is -0.296 e. The Morgan fingerprint density at radius 2 is 1.97 bits per heavy atom. The van der Waals surface area contributed by atoms with Gasteiger partial charge in [0.25, 0.3) is 0 Å². The minimum atomic E-state index is -0.0553. The number of imidazole rings is 1. The molecule has 4 heterocycles. The van der Waals surface area contributed by atoms with Gasteiger partial charge in [-0.05, 0) is 49.2 Å². The number of nitrogens with zero attached hydrogens (tertiary/aromatic N) is 6. The number of carbonyl (C=O) groups is 1. The summed E-state index contributed by atoms with van der Waals surface area (Å²) in [4.78, 5) is 22.2. The van der Waals surface area contributed by atoms with Gasteiger partial charge >= 0.3 is 0 Å². The van der Waals surface area contributed by atoms with Crippen LogP contribution in [0.15, 0.2) is 60.9 Å². The van der Waals surface area contributed by atoms with Crippen LogP contribution in [0.2, 0.25) is 0 Å². The standard InChI is InChI=1S/C26H22N6O/c1-3-21-26-19(12-24(33)23-14-28-25-11-10-18(13-27)15-31(23)25)7-5-9-22(26)32(30-21)16-20-8-4-6-17(2)29-20/h4-11,14-15H,3,12,16H2,1-2H3. The van der Waals surface area contributed by atoms with Crippen molar-refractivity contribution in [1.29, 1.82) is 5.26 Å². The number of hydrogen-bond acceptors (Lipinski definition) is 5. The molecule has 162 valence electrons. The zero-order chi connectivity index (χ0) is 22.9. The van der Waals surface area contributed by atoms with Crippen molar-refractivity contribution in [2.24, 2.45) is 0 Å². The Labute approximate surface area is 191 Å². The molecular weight excluding hydrogens is 412 g/mol. The van der Waals surface area contributed by atoms with Crippen molar-refractivity contribution in [3.8, 4) is 6.07 Å². The molecular formula is C26H22N6O. The zero-order valence-electron chi connectivity index (χ0n) is 18.5. The summed E-state index contributed by atoms with van der Waals surface area (Å²) in [6.45, 7) is 4.62. The Hall–Kier alpha value is -4.31. The third-order valence-electron chi connectivity index (χ3n) is 5.80. The molecule has 0 saturated carbocycles. The van der Waals surface area contributed by atoms with Gasteiger partial charge in [-0.25, -0.2) is 4.98 Å². The molecule has 0 bridgehead atoms. The third kappa shape index (κ3) is 3.76. The van der Waals surface area contributed by atoms with E-state index >= 15 is 0 Å². The van der Waals surface area contributed by atoms with Crippen LogP contribution in [0.1, 0.15) is 45.6 Å². The lowest BCUT2D eigenvalue weighted by molar-refractivity contribution is 0.0987. The summed E-state index contributed by atoms with van der Waals surface area (Å²) >= 11 is 0. The Morgan fingerprint density at radius 3 is 2.76 bits per heavy atom. The van der Waals surface area contributed by atoms with Gasteiger partial charge in [0.1, 0.15) is 17.4 Å². The molecule has 0 amide bonds. The topological polar surface area (TPSA) is 88.9 Å². The fraction of sp³-hybridized carbons (Fsp3) is 0.192. The van der Waals surface area contributed by atoms with Crippen LogP contribution >= 0.6 is 0 Å². The highest BCUT2D eigenvalue weighted by molar-refractivity contribution is 5.99. The summed E-state index contributed by atoms with van der Waals surface area (Å²) in [5.41, 5.74) is 6.40. The number of aryl methyl sites for hydroxylation is 2. The summed E-state index contributed by atoms with van der Waals surface area (Å²) in [5.74, 6) is -0.0553. The number of benzene rings is 1. The normalized spacial score (nSPS) is 11.2. The second-order valence-electron chi connectivity index (χ2n) is 8.04. The molecule has 0 radical (unpaired) electrons. The van der Waals surface area contributed by atoms with Crippen LogP contribution in [-0.2, 0) is 19.4 Å². The van der Waals surface area contributed by atoms with Crippen LogP contribution in [0.3, 0.4) is 0 Å². The zero-order valence-corrected chi connectivity index (χ0v) is 18.5. The third-order valence-corrected chi connectivity index (χ3v) is 5.80. The Morgan fingerprint density at radius 1 is 1.12 bits per heavy atom. The molecule has 0 N–H and O–H groups in total. The average molecular weight is 435 g/mol. The number of hydrogen-bond donors (Lipinski definition) is 0. The number of aromatic nitrogens is 5. The van der Waals surface area contributed by atoms with Crippen molar-refractivity contribution < 1.29 is 4.79 Å². The fourth-order valence-corrected chi connectivity index (χ4v) is 4.26. The molecule has 1 aromatic carbocycles. The maximum Gasteiger partial charge on any atom is 0.185 e. The molecule has 0 aliphatic rings. The largest absolute Gasteiger partial charge is 0.296 e. The van der Waals surface area contributed by atoms with Gasteiger partial charge in [-0.3, -0.25) is 18.9 Å². The van der Waals surface area contributed by atoms with Crippen LogP contribution in [-0.4, -0.2) is 29.9 Å². The lowest BCUT2D eigenvalue weighted by Crippen LogP contribution is -2.08. The van der Waals surface area contributed by atoms with Crippen molar-refractivity contribution in [2.45, 2.75) is 33.2 Å². The highest BCUT2D eigenvalue weighted by Crippen LogP contribution is 2.26. The first-order chi connectivity index (χ1) is 16.1. The number of fused-ring (bicyclic) bond motifs is 2. The molecule has 7 heteroatoms. The van der Waals surface area contributed by atoms with Crippen LogP contribution in [0.25, 0.3) is 16.6 Å². The van der Waals surface area contributed by atoms with Crippen molar-refractivity contribution >= 4 is 22.3 Å². The van der Waals surface area contributed by atoms with E-state index in [0.717, 1.165) is 40.0 Å². The summed E-state index contributed by atoms with van der Waals surface area (Å²) in [5, 5.41) is 15.1. The van der Waals surface area contributed by atoms with E-state index in [-0.39, 0.29) is 12.2 Å². The number of nitriles is 1. The van der Waals surface area contributed by atoms with Crippen LogP contribution in [0.5, 0.6) is 0 Å². The van der Waals surface area contributed by atoms with Gasteiger partial charge in [0.2, 0.25) is 0 Å². The average Bonchev–Trinajstić information content (AvgIpc) is 3.40. The summed E-state index contributed by atoms with van der Waals surface area (Å²) in [6.07, 6.45) is 4.22. The molecule has 0 aliphatic heterocycles. The van der Waals surface area contributed by atoms with Gasteiger partial charge in [-0.1, -0.05) is 25.1 Å². The molecule has 0 saturated heterocycles. The fourth-order valence-electron chi connectivity index (χ4n) is 4.26. The second-order valence-corrected chi connectivity index (χ2v) is 8.04. The first-order valence-electron chi connectivity index (χ1n) is 10.9. The van der Waals surface area contributed by atoms with Crippen LogP contribution in [0, 0.1) is 18.3 Å². The first kappa shape index (κ1) is 20.6. The van der Waals surface area contributed by atoms with Gasteiger partial charge in [-0.15, -0.1) is 0 Å². The van der Waals surface area contributed by atoms with E-state index in [9.17, 15) is 10.1 Å². The SMILES string of the molecule is CCc1nn(Cc2cccc(C)n2)c2cccc(CC(=O)c3cnc4ccc(C#N)cn34)c12. The molecule has 33 heavy (non-hydrogen) atoms. The Kier molecular flexibility index (Phi) is 5.19. The van der Waals surface area contributed by atoms with E-state index in [0.29, 0.717) is 23.4 Å². The van der Waals surface area contributed by atoms with Crippen molar-refractivity contribution in [1.82, 2.24) is 24.1 Å². The Bertz CT molecular complexity index is 1550. The monoisotopic (exact) mass is 434 g/mol. The smallest absolute Gasteiger partial charge is 0.185 e. The minimum absolute atomic E-state index is 0.0553. The predicted molar refractivity (Wildman–Crippen MR) is 125 cm³/mol. The van der Waals surface area contributed by atoms with Gasteiger partial charge in [0.05, 0.1) is 35.2 Å². The summed E-state index contributed by atoms with van der Waals surface area (Å²) in [7, 11) is 0. The molecule has 5 rings (SSSR count). The molecule has 4 aromatic heterocycles.